The van der Waals surface area contributed by atoms with Gasteiger partial charge in [0.1, 0.15) is 11.5 Å². The third-order valence-corrected chi connectivity index (χ3v) is 4.09. The summed E-state index contributed by atoms with van der Waals surface area (Å²) in [5, 5.41) is 19.1. The van der Waals surface area contributed by atoms with Gasteiger partial charge in [-0.3, -0.25) is 14.9 Å². The van der Waals surface area contributed by atoms with Crippen LogP contribution >= 0.6 is 11.8 Å². The van der Waals surface area contributed by atoms with E-state index in [1.54, 1.807) is 24.3 Å². The summed E-state index contributed by atoms with van der Waals surface area (Å²) >= 11 is 1.27. The maximum absolute atomic E-state index is 11.0. The molecule has 3 aromatic rings. The number of carbonyl (C=O) groups is 1. The fraction of sp³-hybridized carbons (Fsp3) is 0.133. The van der Waals surface area contributed by atoms with Gasteiger partial charge >= 0.3 is 0 Å². The lowest BCUT2D eigenvalue weighted by Gasteiger charge is -1.96. The molecule has 122 valence electrons. The van der Waals surface area contributed by atoms with E-state index >= 15 is 0 Å². The first-order chi connectivity index (χ1) is 11.5. The van der Waals surface area contributed by atoms with E-state index in [1.807, 2.05) is 0 Å². The molecule has 0 aliphatic heterocycles. The summed E-state index contributed by atoms with van der Waals surface area (Å²) in [4.78, 5) is 24.2. The van der Waals surface area contributed by atoms with Crippen molar-refractivity contribution in [2.45, 2.75) is 12.1 Å². The van der Waals surface area contributed by atoms with Gasteiger partial charge in [0.25, 0.3) is 5.69 Å². The Kier molecular flexibility index (Phi) is 4.43. The molecule has 2 aromatic heterocycles. The van der Waals surface area contributed by atoms with Crippen LogP contribution in [0.4, 0.5) is 5.69 Å². The van der Waals surface area contributed by atoms with E-state index < -0.39 is 4.92 Å². The van der Waals surface area contributed by atoms with Crippen LogP contribution in [-0.4, -0.2) is 31.6 Å². The zero-order valence-electron chi connectivity index (χ0n) is 12.6. The minimum Gasteiger partial charge on any atom is -0.453 e. The van der Waals surface area contributed by atoms with Crippen molar-refractivity contribution in [3.05, 3.63) is 46.5 Å². The van der Waals surface area contributed by atoms with E-state index in [4.69, 9.17) is 4.42 Å². The molecule has 0 fully saturated rings. The summed E-state index contributed by atoms with van der Waals surface area (Å²) in [5.74, 6) is 1.88. The Labute approximate surface area is 140 Å². The number of aromatic nitrogens is 3. The highest BCUT2D eigenvalue weighted by molar-refractivity contribution is 7.99. The minimum absolute atomic E-state index is 0.0212. The number of carbonyl (C=O) groups excluding carboxylic acids is 1. The Morgan fingerprint density at radius 3 is 2.58 bits per heavy atom. The van der Waals surface area contributed by atoms with Crippen molar-refractivity contribution in [2.75, 3.05) is 5.75 Å². The largest absolute Gasteiger partial charge is 0.453 e. The Morgan fingerprint density at radius 2 is 1.92 bits per heavy atom. The number of hydrogen-bond acceptors (Lipinski definition) is 7. The summed E-state index contributed by atoms with van der Waals surface area (Å²) in [7, 11) is 0. The van der Waals surface area contributed by atoms with Gasteiger partial charge in [-0.2, -0.15) is 0 Å². The number of rotatable bonds is 6. The van der Waals surface area contributed by atoms with E-state index in [9.17, 15) is 14.9 Å². The molecule has 0 saturated carbocycles. The van der Waals surface area contributed by atoms with Crippen LogP contribution in [0.25, 0.3) is 22.9 Å². The summed E-state index contributed by atoms with van der Waals surface area (Å²) in [6.07, 6.45) is 0. The van der Waals surface area contributed by atoms with E-state index in [1.165, 1.54) is 30.8 Å². The summed E-state index contributed by atoms with van der Waals surface area (Å²) < 4.78 is 5.72. The maximum Gasteiger partial charge on any atom is 0.269 e. The minimum atomic E-state index is -0.452. The number of hydrogen-bond donors (Lipinski definition) is 1. The number of Topliss-reactive ketones (excluding diaryl/α,β-unsaturated/α-hetero) is 1. The lowest BCUT2D eigenvalue weighted by atomic mass is 10.1. The van der Waals surface area contributed by atoms with Gasteiger partial charge < -0.3 is 9.40 Å². The first-order valence-corrected chi connectivity index (χ1v) is 7.91. The number of aromatic amines is 1. The van der Waals surface area contributed by atoms with Crippen molar-refractivity contribution in [1.29, 1.82) is 0 Å². The highest BCUT2D eigenvalue weighted by Crippen LogP contribution is 2.28. The number of non-ortho nitro benzene ring substituents is 1. The summed E-state index contributed by atoms with van der Waals surface area (Å²) in [6.45, 7) is 1.51. The number of nitrogens with one attached hydrogen (secondary N) is 1. The second-order valence-corrected chi connectivity index (χ2v) is 5.90. The van der Waals surface area contributed by atoms with E-state index in [0.29, 0.717) is 28.3 Å². The molecular formula is C15H12N4O4S. The molecule has 0 unspecified atom stereocenters. The van der Waals surface area contributed by atoms with E-state index in [0.717, 1.165) is 5.56 Å². The van der Waals surface area contributed by atoms with Crippen molar-refractivity contribution in [3.8, 4) is 22.9 Å². The van der Waals surface area contributed by atoms with Gasteiger partial charge in [-0.05, 0) is 31.2 Å². The highest BCUT2D eigenvalue weighted by atomic mass is 32.2. The second kappa shape index (κ2) is 6.67. The second-order valence-electron chi connectivity index (χ2n) is 4.94. The number of furan rings is 1. The lowest BCUT2D eigenvalue weighted by Crippen LogP contribution is -1.93. The zero-order chi connectivity index (χ0) is 17.1. The van der Waals surface area contributed by atoms with Gasteiger partial charge in [0.2, 0.25) is 0 Å². The number of nitro benzene ring substituents is 1. The first-order valence-electron chi connectivity index (χ1n) is 6.93. The molecule has 0 saturated heterocycles. The average Bonchev–Trinajstić information content (AvgIpc) is 3.22. The molecule has 0 atom stereocenters. The smallest absolute Gasteiger partial charge is 0.269 e. The molecule has 24 heavy (non-hydrogen) atoms. The van der Waals surface area contributed by atoms with Crippen molar-refractivity contribution in [3.63, 3.8) is 0 Å². The fourth-order valence-corrected chi connectivity index (χ4v) is 2.57. The van der Waals surface area contributed by atoms with Crippen LogP contribution in [0.3, 0.4) is 0 Å². The van der Waals surface area contributed by atoms with Crippen LogP contribution in [0.5, 0.6) is 0 Å². The molecule has 9 heteroatoms. The van der Waals surface area contributed by atoms with Gasteiger partial charge in [-0.15, -0.1) is 10.2 Å². The molecule has 0 amide bonds. The van der Waals surface area contributed by atoms with Crippen LogP contribution in [0, 0.1) is 10.1 Å². The standard InChI is InChI=1S/C15H12N4O4S/c1-9(20)8-24-15-16-14(17-18-15)13-7-6-12(23-13)10-2-4-11(5-3-10)19(21)22/h2-7H,8H2,1H3,(H,16,17,18). The van der Waals surface area contributed by atoms with Crippen LogP contribution in [0.2, 0.25) is 0 Å². The number of nitrogens with zero attached hydrogens (tertiary/aromatic N) is 3. The third kappa shape index (κ3) is 3.51. The Hall–Kier alpha value is -2.94. The highest BCUT2D eigenvalue weighted by Gasteiger charge is 2.13. The predicted octanol–water partition coefficient (Wildman–Crippen LogP) is 3.32. The predicted molar refractivity (Wildman–Crippen MR) is 87.6 cm³/mol. The molecule has 1 N–H and O–H groups in total. The van der Waals surface area contributed by atoms with Crippen LogP contribution in [0.15, 0.2) is 46.0 Å². The molecule has 0 spiro atoms. The van der Waals surface area contributed by atoms with E-state index in [-0.39, 0.29) is 11.5 Å². The summed E-state index contributed by atoms with van der Waals surface area (Å²) in [5.41, 5.74) is 0.741. The van der Waals surface area contributed by atoms with Gasteiger partial charge in [0, 0.05) is 17.7 Å². The Bertz CT molecular complexity index is 885. The van der Waals surface area contributed by atoms with Gasteiger partial charge in [-0.1, -0.05) is 11.8 Å². The van der Waals surface area contributed by atoms with Gasteiger partial charge in [0.05, 0.1) is 10.7 Å². The average molecular weight is 344 g/mol. The third-order valence-electron chi connectivity index (χ3n) is 3.08. The van der Waals surface area contributed by atoms with Crippen LogP contribution in [0.1, 0.15) is 6.92 Å². The van der Waals surface area contributed by atoms with Crippen LogP contribution in [-0.2, 0) is 4.79 Å². The number of benzene rings is 1. The van der Waals surface area contributed by atoms with Crippen molar-refractivity contribution < 1.29 is 14.1 Å². The molecule has 2 heterocycles. The maximum atomic E-state index is 11.0. The molecule has 0 bridgehead atoms. The number of H-pyrrole nitrogens is 1. The Balaban J connectivity index is 1.78. The Morgan fingerprint density at radius 1 is 1.21 bits per heavy atom. The number of nitro groups is 1. The van der Waals surface area contributed by atoms with E-state index in [2.05, 4.69) is 15.2 Å². The normalized spacial score (nSPS) is 10.7. The topological polar surface area (TPSA) is 115 Å². The van der Waals surface area contributed by atoms with Gasteiger partial charge in [0.15, 0.2) is 16.7 Å². The molecule has 0 radical (unpaired) electrons. The quantitative estimate of drug-likeness (QED) is 0.414. The van der Waals surface area contributed by atoms with Crippen molar-refractivity contribution >= 4 is 23.2 Å². The lowest BCUT2D eigenvalue weighted by molar-refractivity contribution is -0.384. The molecule has 0 aliphatic rings. The van der Waals surface area contributed by atoms with Crippen LogP contribution < -0.4 is 0 Å². The number of ketones is 1. The van der Waals surface area contributed by atoms with Crippen molar-refractivity contribution in [1.82, 2.24) is 15.2 Å². The molecule has 3 rings (SSSR count). The first kappa shape index (κ1) is 15.9. The monoisotopic (exact) mass is 344 g/mol. The molecule has 8 nitrogen and oxygen atoms in total. The SMILES string of the molecule is CC(=O)CSc1nnc(-c2ccc(-c3ccc([N+](=O)[O-])cc3)o2)[nH]1. The fourth-order valence-electron chi connectivity index (χ4n) is 1.96. The summed E-state index contributed by atoms with van der Waals surface area (Å²) in [6, 6.07) is 9.56. The molecular weight excluding hydrogens is 332 g/mol. The van der Waals surface area contributed by atoms with Crippen molar-refractivity contribution in [2.24, 2.45) is 0 Å². The zero-order valence-corrected chi connectivity index (χ0v) is 13.4. The number of thioether (sulfide) groups is 1. The molecule has 1 aromatic carbocycles. The molecule has 0 aliphatic carbocycles. The van der Waals surface area contributed by atoms with Gasteiger partial charge in [-0.25, -0.2) is 0 Å².